The molecule has 8 heteroatoms. The van der Waals surface area contributed by atoms with E-state index < -0.39 is 29.1 Å². The number of likely N-dealkylation sites (tertiary alicyclic amines) is 1. The molecular formula is C16H19F3N2O3. The molecule has 0 bridgehead atoms. The maximum atomic E-state index is 12.8. The van der Waals surface area contributed by atoms with Crippen LogP contribution in [0, 0.1) is 0 Å². The summed E-state index contributed by atoms with van der Waals surface area (Å²) in [6.07, 6.45) is -3.49. The van der Waals surface area contributed by atoms with E-state index in [1.54, 1.807) is 0 Å². The summed E-state index contributed by atoms with van der Waals surface area (Å²) in [6, 6.07) is 4.25. The van der Waals surface area contributed by atoms with Gasteiger partial charge in [0.05, 0.1) is 24.1 Å². The monoisotopic (exact) mass is 344 g/mol. The minimum atomic E-state index is -4.53. The van der Waals surface area contributed by atoms with Crippen molar-refractivity contribution in [1.29, 1.82) is 0 Å². The SMILES string of the molecule is COCC1(CC(N)=O)CCCN1C(=O)c1cccc(C(F)(F)F)c1. The number of carbonyl (C=O) groups excluding carboxylic acids is 2. The van der Waals surface area contributed by atoms with Gasteiger partial charge in [0.25, 0.3) is 5.91 Å². The number of hydrogen-bond donors (Lipinski definition) is 1. The quantitative estimate of drug-likeness (QED) is 0.890. The number of halogens is 3. The first kappa shape index (κ1) is 18.3. The molecule has 0 aliphatic carbocycles. The summed E-state index contributed by atoms with van der Waals surface area (Å²) >= 11 is 0. The van der Waals surface area contributed by atoms with Crippen LogP contribution in [0.15, 0.2) is 24.3 Å². The third-order valence-electron chi connectivity index (χ3n) is 4.19. The average Bonchev–Trinajstić information content (AvgIpc) is 2.88. The lowest BCUT2D eigenvalue weighted by atomic mass is 9.91. The molecule has 0 spiro atoms. The number of nitrogens with zero attached hydrogens (tertiary/aromatic N) is 1. The Bertz CT molecular complexity index is 633. The second-order valence-electron chi connectivity index (χ2n) is 5.94. The molecule has 2 N–H and O–H groups in total. The van der Waals surface area contributed by atoms with Crippen LogP contribution in [0.4, 0.5) is 13.2 Å². The van der Waals surface area contributed by atoms with Gasteiger partial charge in [-0.2, -0.15) is 13.2 Å². The van der Waals surface area contributed by atoms with Gasteiger partial charge in [-0.3, -0.25) is 9.59 Å². The number of benzene rings is 1. The number of primary amides is 1. The third kappa shape index (κ3) is 3.69. The number of nitrogens with two attached hydrogens (primary N) is 1. The average molecular weight is 344 g/mol. The van der Waals surface area contributed by atoms with Crippen molar-refractivity contribution in [2.75, 3.05) is 20.3 Å². The van der Waals surface area contributed by atoms with Gasteiger partial charge in [-0.1, -0.05) is 6.07 Å². The minimum absolute atomic E-state index is 0.0725. The molecule has 1 aliphatic heterocycles. The van der Waals surface area contributed by atoms with Gasteiger partial charge in [0.2, 0.25) is 5.91 Å². The van der Waals surface area contributed by atoms with Crippen molar-refractivity contribution in [2.45, 2.75) is 31.0 Å². The maximum Gasteiger partial charge on any atom is 0.416 e. The van der Waals surface area contributed by atoms with Crippen molar-refractivity contribution in [2.24, 2.45) is 5.73 Å². The fraction of sp³-hybridized carbons (Fsp3) is 0.500. The van der Waals surface area contributed by atoms with E-state index >= 15 is 0 Å². The summed E-state index contributed by atoms with van der Waals surface area (Å²) in [5.41, 5.74) is 3.42. The molecule has 1 aromatic carbocycles. The minimum Gasteiger partial charge on any atom is -0.382 e. The first-order valence-electron chi connectivity index (χ1n) is 7.46. The predicted molar refractivity (Wildman–Crippen MR) is 80.1 cm³/mol. The molecule has 1 saturated heterocycles. The zero-order chi connectivity index (χ0) is 18.0. The van der Waals surface area contributed by atoms with E-state index in [1.165, 1.54) is 24.1 Å². The summed E-state index contributed by atoms with van der Waals surface area (Å²) in [5, 5.41) is 0. The Labute approximate surface area is 137 Å². The number of hydrogen-bond acceptors (Lipinski definition) is 3. The molecule has 1 atom stereocenters. The normalized spacial score (nSPS) is 21.1. The third-order valence-corrected chi connectivity index (χ3v) is 4.19. The van der Waals surface area contributed by atoms with Gasteiger partial charge in [-0.25, -0.2) is 0 Å². The molecular weight excluding hydrogens is 325 g/mol. The van der Waals surface area contributed by atoms with Crippen molar-refractivity contribution in [3.8, 4) is 0 Å². The van der Waals surface area contributed by atoms with E-state index in [1.807, 2.05) is 0 Å². The Balaban J connectivity index is 2.35. The summed E-state index contributed by atoms with van der Waals surface area (Å²) in [5.74, 6) is -1.15. The van der Waals surface area contributed by atoms with Crippen LogP contribution in [0.3, 0.4) is 0 Å². The topological polar surface area (TPSA) is 72.6 Å². The second-order valence-corrected chi connectivity index (χ2v) is 5.94. The highest BCUT2D eigenvalue weighted by Gasteiger charge is 2.45. The molecule has 1 fully saturated rings. The van der Waals surface area contributed by atoms with E-state index in [-0.39, 0.29) is 18.6 Å². The number of ether oxygens (including phenoxy) is 1. The molecule has 0 saturated carbocycles. The van der Waals surface area contributed by atoms with Crippen LogP contribution >= 0.6 is 0 Å². The molecule has 1 unspecified atom stereocenters. The number of alkyl halides is 3. The largest absolute Gasteiger partial charge is 0.416 e. The zero-order valence-electron chi connectivity index (χ0n) is 13.2. The van der Waals surface area contributed by atoms with Gasteiger partial charge in [-0.05, 0) is 31.0 Å². The highest BCUT2D eigenvalue weighted by atomic mass is 19.4. The van der Waals surface area contributed by atoms with E-state index in [0.29, 0.717) is 19.4 Å². The molecule has 1 aliphatic rings. The second kappa shape index (κ2) is 6.80. The van der Waals surface area contributed by atoms with E-state index in [0.717, 1.165) is 12.1 Å². The molecule has 2 rings (SSSR count). The number of amides is 2. The van der Waals surface area contributed by atoms with Crippen LogP contribution in [-0.4, -0.2) is 42.5 Å². The number of methoxy groups -OCH3 is 1. The summed E-state index contributed by atoms with van der Waals surface area (Å²) < 4.78 is 43.7. The lowest BCUT2D eigenvalue weighted by Crippen LogP contribution is -2.52. The van der Waals surface area contributed by atoms with Crippen LogP contribution < -0.4 is 5.73 Å². The van der Waals surface area contributed by atoms with Crippen molar-refractivity contribution >= 4 is 11.8 Å². The Morgan fingerprint density at radius 3 is 2.67 bits per heavy atom. The fourth-order valence-corrected chi connectivity index (χ4v) is 3.22. The van der Waals surface area contributed by atoms with Gasteiger partial charge in [0.1, 0.15) is 0 Å². The first-order chi connectivity index (χ1) is 11.2. The van der Waals surface area contributed by atoms with E-state index in [4.69, 9.17) is 10.5 Å². The van der Waals surface area contributed by atoms with Crippen LogP contribution in [-0.2, 0) is 15.7 Å². The number of carbonyl (C=O) groups is 2. The van der Waals surface area contributed by atoms with Crippen LogP contribution in [0.1, 0.15) is 35.2 Å². The molecule has 1 aromatic rings. The lowest BCUT2D eigenvalue weighted by molar-refractivity contribution is -0.137. The molecule has 2 amide bonds. The lowest BCUT2D eigenvalue weighted by Gasteiger charge is -2.37. The molecule has 1 heterocycles. The molecule has 0 aromatic heterocycles. The highest BCUT2D eigenvalue weighted by molar-refractivity contribution is 5.95. The van der Waals surface area contributed by atoms with Crippen molar-refractivity contribution in [3.63, 3.8) is 0 Å². The smallest absolute Gasteiger partial charge is 0.382 e. The Kier molecular flexibility index (Phi) is 5.17. The molecule has 5 nitrogen and oxygen atoms in total. The Hall–Kier alpha value is -2.09. The maximum absolute atomic E-state index is 12.8. The van der Waals surface area contributed by atoms with Crippen LogP contribution in [0.5, 0.6) is 0 Å². The number of rotatable bonds is 5. The summed E-state index contributed by atoms with van der Waals surface area (Å²) in [4.78, 5) is 25.6. The fourth-order valence-electron chi connectivity index (χ4n) is 3.22. The molecule has 24 heavy (non-hydrogen) atoms. The van der Waals surface area contributed by atoms with Crippen LogP contribution in [0.2, 0.25) is 0 Å². The van der Waals surface area contributed by atoms with E-state index in [2.05, 4.69) is 0 Å². The highest BCUT2D eigenvalue weighted by Crippen LogP contribution is 2.35. The predicted octanol–water partition coefficient (Wildman–Crippen LogP) is 2.20. The standard InChI is InChI=1S/C16H19F3N2O3/c1-24-10-15(9-13(20)22)6-3-7-21(15)14(23)11-4-2-5-12(8-11)16(17,18)19/h2,4-5,8H,3,6-7,9-10H2,1H3,(H2,20,22). The Morgan fingerprint density at radius 2 is 2.08 bits per heavy atom. The van der Waals surface area contributed by atoms with Crippen molar-refractivity contribution < 1.29 is 27.5 Å². The van der Waals surface area contributed by atoms with Crippen molar-refractivity contribution in [1.82, 2.24) is 4.90 Å². The van der Waals surface area contributed by atoms with Gasteiger partial charge >= 0.3 is 6.18 Å². The Morgan fingerprint density at radius 1 is 1.38 bits per heavy atom. The van der Waals surface area contributed by atoms with Gasteiger partial charge in [0, 0.05) is 19.2 Å². The molecule has 0 radical (unpaired) electrons. The zero-order valence-corrected chi connectivity index (χ0v) is 13.2. The van der Waals surface area contributed by atoms with Crippen molar-refractivity contribution in [3.05, 3.63) is 35.4 Å². The molecule has 132 valence electrons. The summed E-state index contributed by atoms with van der Waals surface area (Å²) in [7, 11) is 1.44. The van der Waals surface area contributed by atoms with Crippen LogP contribution in [0.25, 0.3) is 0 Å². The van der Waals surface area contributed by atoms with Gasteiger partial charge in [-0.15, -0.1) is 0 Å². The summed E-state index contributed by atoms with van der Waals surface area (Å²) in [6.45, 7) is 0.437. The van der Waals surface area contributed by atoms with Gasteiger partial charge in [0.15, 0.2) is 0 Å². The van der Waals surface area contributed by atoms with E-state index in [9.17, 15) is 22.8 Å². The van der Waals surface area contributed by atoms with Gasteiger partial charge < -0.3 is 15.4 Å². The first-order valence-corrected chi connectivity index (χ1v) is 7.46.